The second-order valence-corrected chi connectivity index (χ2v) is 5.91. The molecular formula is C22H28O5. The first-order valence-corrected chi connectivity index (χ1v) is 9.42. The number of methoxy groups -OCH3 is 1. The fraction of sp³-hybridized carbons (Fsp3) is 0.409. The van der Waals surface area contributed by atoms with Crippen molar-refractivity contribution in [3.8, 4) is 17.2 Å². The van der Waals surface area contributed by atoms with Crippen LogP contribution in [0.25, 0.3) is 11.0 Å². The Morgan fingerprint density at radius 1 is 0.926 bits per heavy atom. The predicted octanol–water partition coefficient (Wildman–Crippen LogP) is 5.27. The summed E-state index contributed by atoms with van der Waals surface area (Å²) >= 11 is 0. The van der Waals surface area contributed by atoms with E-state index in [4.69, 9.17) is 18.6 Å². The van der Waals surface area contributed by atoms with Gasteiger partial charge in [-0.3, -0.25) is 0 Å². The van der Waals surface area contributed by atoms with Gasteiger partial charge in [-0.25, -0.2) is 4.79 Å². The SMILES string of the molecule is CCC=CCCOc1c(OC)c2c(OCCC=CCC)cccc2oc1=O. The van der Waals surface area contributed by atoms with Gasteiger partial charge in [0.05, 0.1) is 20.3 Å². The van der Waals surface area contributed by atoms with E-state index in [1.165, 1.54) is 7.11 Å². The van der Waals surface area contributed by atoms with Crippen LogP contribution in [-0.2, 0) is 0 Å². The van der Waals surface area contributed by atoms with Crippen LogP contribution in [0.15, 0.2) is 51.7 Å². The monoisotopic (exact) mass is 372 g/mol. The molecule has 1 heterocycles. The highest BCUT2D eigenvalue weighted by atomic mass is 16.5. The van der Waals surface area contributed by atoms with Crippen molar-refractivity contribution in [3.05, 3.63) is 52.9 Å². The molecule has 0 aliphatic heterocycles. The minimum absolute atomic E-state index is 0.0804. The first-order chi connectivity index (χ1) is 13.2. The Labute approximate surface area is 160 Å². The Kier molecular flexibility index (Phi) is 8.49. The molecule has 0 aliphatic carbocycles. The second-order valence-electron chi connectivity index (χ2n) is 5.91. The third-order valence-corrected chi connectivity index (χ3v) is 3.89. The Bertz CT molecular complexity index is 832. The lowest BCUT2D eigenvalue weighted by Crippen LogP contribution is -2.10. The van der Waals surface area contributed by atoms with Crippen LogP contribution in [0.4, 0.5) is 0 Å². The largest absolute Gasteiger partial charge is 0.492 e. The number of hydrogen-bond donors (Lipinski definition) is 0. The summed E-state index contributed by atoms with van der Waals surface area (Å²) in [6.45, 7) is 5.05. The summed E-state index contributed by atoms with van der Waals surface area (Å²) in [5.41, 5.74) is -0.140. The third-order valence-electron chi connectivity index (χ3n) is 3.89. The summed E-state index contributed by atoms with van der Waals surface area (Å²) in [5.74, 6) is 1.03. The molecule has 27 heavy (non-hydrogen) atoms. The lowest BCUT2D eigenvalue weighted by molar-refractivity contribution is 0.283. The maximum Gasteiger partial charge on any atom is 0.383 e. The Hall–Kier alpha value is -2.69. The molecule has 0 spiro atoms. The predicted molar refractivity (Wildman–Crippen MR) is 108 cm³/mol. The summed E-state index contributed by atoms with van der Waals surface area (Å²) in [6.07, 6.45) is 11.7. The quantitative estimate of drug-likeness (QED) is 0.305. The number of fused-ring (bicyclic) bond motifs is 1. The van der Waals surface area contributed by atoms with Gasteiger partial charge in [0.1, 0.15) is 16.7 Å². The van der Waals surface area contributed by atoms with Crippen LogP contribution in [-0.4, -0.2) is 20.3 Å². The average Bonchev–Trinajstić information content (AvgIpc) is 2.67. The van der Waals surface area contributed by atoms with Crippen LogP contribution in [0.1, 0.15) is 39.5 Å². The lowest BCUT2D eigenvalue weighted by Gasteiger charge is -2.14. The molecule has 1 aromatic carbocycles. The normalized spacial score (nSPS) is 11.5. The summed E-state index contributed by atoms with van der Waals surface area (Å²) in [6, 6.07) is 5.34. The van der Waals surface area contributed by atoms with Crippen LogP contribution >= 0.6 is 0 Å². The maximum absolute atomic E-state index is 12.3. The van der Waals surface area contributed by atoms with E-state index < -0.39 is 5.63 Å². The summed E-state index contributed by atoms with van der Waals surface area (Å²) < 4.78 is 22.5. The molecule has 0 saturated heterocycles. The molecule has 0 fully saturated rings. The topological polar surface area (TPSA) is 57.9 Å². The average molecular weight is 372 g/mol. The maximum atomic E-state index is 12.3. The van der Waals surface area contributed by atoms with Gasteiger partial charge in [-0.05, 0) is 37.8 Å². The molecular weight excluding hydrogens is 344 g/mol. The van der Waals surface area contributed by atoms with Crippen LogP contribution in [0.2, 0.25) is 0 Å². The molecule has 0 amide bonds. The second kappa shape index (κ2) is 11.1. The fourth-order valence-corrected chi connectivity index (χ4v) is 2.65. The highest BCUT2D eigenvalue weighted by Crippen LogP contribution is 2.38. The molecule has 0 bridgehead atoms. The van der Waals surface area contributed by atoms with Gasteiger partial charge >= 0.3 is 5.63 Å². The minimum atomic E-state index is -0.554. The van der Waals surface area contributed by atoms with E-state index in [1.807, 2.05) is 12.1 Å². The Morgan fingerprint density at radius 2 is 1.59 bits per heavy atom. The van der Waals surface area contributed by atoms with Crippen LogP contribution in [0, 0.1) is 0 Å². The van der Waals surface area contributed by atoms with Crippen molar-refractivity contribution in [2.24, 2.45) is 0 Å². The highest BCUT2D eigenvalue weighted by molar-refractivity contribution is 5.91. The highest BCUT2D eigenvalue weighted by Gasteiger charge is 2.20. The molecule has 2 rings (SSSR count). The van der Waals surface area contributed by atoms with Gasteiger partial charge in [-0.2, -0.15) is 0 Å². The zero-order chi connectivity index (χ0) is 19.5. The molecule has 146 valence electrons. The lowest BCUT2D eigenvalue weighted by atomic mass is 10.2. The molecule has 0 unspecified atom stereocenters. The van der Waals surface area contributed by atoms with Gasteiger partial charge in [0.2, 0.25) is 5.75 Å². The molecule has 0 saturated carbocycles. The van der Waals surface area contributed by atoms with E-state index in [0.29, 0.717) is 42.1 Å². The van der Waals surface area contributed by atoms with Crippen molar-refractivity contribution in [2.45, 2.75) is 39.5 Å². The van der Waals surface area contributed by atoms with E-state index in [0.717, 1.165) is 19.3 Å². The minimum Gasteiger partial charge on any atom is -0.492 e. The number of ether oxygens (including phenoxy) is 3. The number of rotatable bonds is 11. The van der Waals surface area contributed by atoms with E-state index >= 15 is 0 Å². The third kappa shape index (κ3) is 5.64. The van der Waals surface area contributed by atoms with Crippen molar-refractivity contribution in [1.29, 1.82) is 0 Å². The summed E-state index contributed by atoms with van der Waals surface area (Å²) in [5, 5.41) is 0.609. The molecule has 5 nitrogen and oxygen atoms in total. The summed E-state index contributed by atoms with van der Waals surface area (Å²) in [7, 11) is 1.51. The van der Waals surface area contributed by atoms with Gasteiger partial charge in [0.15, 0.2) is 5.75 Å². The van der Waals surface area contributed by atoms with Crippen molar-refractivity contribution in [2.75, 3.05) is 20.3 Å². The van der Waals surface area contributed by atoms with Gasteiger partial charge < -0.3 is 18.6 Å². The van der Waals surface area contributed by atoms with E-state index in [9.17, 15) is 4.79 Å². The van der Waals surface area contributed by atoms with Crippen molar-refractivity contribution < 1.29 is 18.6 Å². The standard InChI is InChI=1S/C22H28O5/c1-4-6-8-10-15-25-17-13-12-14-18-19(17)20(24-3)21(22(23)27-18)26-16-11-9-7-5-2/h6-9,12-14H,4-5,10-11,15-16H2,1-3H3. The molecule has 2 aromatic rings. The number of allylic oxidation sites excluding steroid dienone is 2. The van der Waals surface area contributed by atoms with Crippen molar-refractivity contribution >= 4 is 11.0 Å². The first kappa shape index (κ1) is 20.6. The van der Waals surface area contributed by atoms with Gasteiger partial charge in [-0.15, -0.1) is 0 Å². The van der Waals surface area contributed by atoms with E-state index in [1.54, 1.807) is 12.1 Å². The zero-order valence-corrected chi connectivity index (χ0v) is 16.3. The van der Waals surface area contributed by atoms with Crippen LogP contribution < -0.4 is 19.8 Å². The zero-order valence-electron chi connectivity index (χ0n) is 16.3. The van der Waals surface area contributed by atoms with E-state index in [2.05, 4.69) is 32.1 Å². The smallest absolute Gasteiger partial charge is 0.383 e. The van der Waals surface area contributed by atoms with Gasteiger partial charge in [0, 0.05) is 0 Å². The van der Waals surface area contributed by atoms with Crippen LogP contribution in [0.3, 0.4) is 0 Å². The molecule has 1 aromatic heterocycles. The number of hydrogen-bond acceptors (Lipinski definition) is 5. The van der Waals surface area contributed by atoms with Gasteiger partial charge in [0.25, 0.3) is 0 Å². The molecule has 0 radical (unpaired) electrons. The van der Waals surface area contributed by atoms with E-state index in [-0.39, 0.29) is 5.75 Å². The number of benzene rings is 1. The summed E-state index contributed by atoms with van der Waals surface area (Å²) in [4.78, 5) is 12.3. The Balaban J connectivity index is 2.30. The Morgan fingerprint density at radius 3 is 2.22 bits per heavy atom. The van der Waals surface area contributed by atoms with Crippen LogP contribution in [0.5, 0.6) is 17.2 Å². The molecule has 0 N–H and O–H groups in total. The first-order valence-electron chi connectivity index (χ1n) is 9.42. The van der Waals surface area contributed by atoms with Gasteiger partial charge in [-0.1, -0.05) is 44.2 Å². The van der Waals surface area contributed by atoms with Crippen molar-refractivity contribution in [3.63, 3.8) is 0 Å². The molecule has 0 aliphatic rings. The molecule has 5 heteroatoms. The fourth-order valence-electron chi connectivity index (χ4n) is 2.65. The van der Waals surface area contributed by atoms with Crippen molar-refractivity contribution in [1.82, 2.24) is 0 Å². The molecule has 0 atom stereocenters.